The van der Waals surface area contributed by atoms with Gasteiger partial charge in [0.25, 0.3) is 0 Å². The molecule has 70 valence electrons. The Morgan fingerprint density at radius 2 is 2.00 bits per heavy atom. The van der Waals surface area contributed by atoms with Crippen LogP contribution in [-0.2, 0) is 0 Å². The van der Waals surface area contributed by atoms with Crippen molar-refractivity contribution in [3.63, 3.8) is 0 Å². The van der Waals surface area contributed by atoms with Crippen molar-refractivity contribution < 1.29 is 5.11 Å². The number of aliphatic hydroxyl groups is 1. The standard InChI is InChI=1S/C10H14N2O/c13-10-7-11-6-9(10)12-8-4-2-1-3-5-8/h1-5,9-13H,6-7H2. The molecule has 2 atom stereocenters. The van der Waals surface area contributed by atoms with E-state index in [2.05, 4.69) is 10.6 Å². The summed E-state index contributed by atoms with van der Waals surface area (Å²) in [7, 11) is 0. The second kappa shape index (κ2) is 3.77. The Morgan fingerprint density at radius 3 is 2.62 bits per heavy atom. The molecule has 1 saturated heterocycles. The van der Waals surface area contributed by atoms with Gasteiger partial charge in [0.05, 0.1) is 12.1 Å². The van der Waals surface area contributed by atoms with Crippen molar-refractivity contribution in [1.82, 2.24) is 5.32 Å². The topological polar surface area (TPSA) is 44.3 Å². The second-order valence-electron chi connectivity index (χ2n) is 3.34. The molecule has 0 aliphatic carbocycles. The molecule has 3 N–H and O–H groups in total. The van der Waals surface area contributed by atoms with Crippen molar-refractivity contribution in [2.24, 2.45) is 0 Å². The summed E-state index contributed by atoms with van der Waals surface area (Å²) in [4.78, 5) is 0. The summed E-state index contributed by atoms with van der Waals surface area (Å²) < 4.78 is 0. The molecule has 2 rings (SSSR count). The maximum Gasteiger partial charge on any atom is 0.0877 e. The number of hydrogen-bond acceptors (Lipinski definition) is 3. The molecule has 0 spiro atoms. The second-order valence-corrected chi connectivity index (χ2v) is 3.34. The van der Waals surface area contributed by atoms with Gasteiger partial charge in [-0.25, -0.2) is 0 Å². The van der Waals surface area contributed by atoms with Gasteiger partial charge in [-0.15, -0.1) is 0 Å². The predicted molar refractivity (Wildman–Crippen MR) is 52.7 cm³/mol. The van der Waals surface area contributed by atoms with Crippen LogP contribution in [-0.4, -0.2) is 30.3 Å². The van der Waals surface area contributed by atoms with E-state index in [9.17, 15) is 5.11 Å². The number of β-amino-alcohol motifs (C(OH)–C–C–N with tert-alkyl or cyclic N) is 1. The van der Waals surface area contributed by atoms with Gasteiger partial charge in [-0.1, -0.05) is 18.2 Å². The first-order valence-electron chi connectivity index (χ1n) is 4.56. The zero-order valence-corrected chi connectivity index (χ0v) is 7.40. The number of para-hydroxylation sites is 1. The van der Waals surface area contributed by atoms with Gasteiger partial charge in [0.2, 0.25) is 0 Å². The molecule has 1 aromatic carbocycles. The molecule has 3 nitrogen and oxygen atoms in total. The van der Waals surface area contributed by atoms with Crippen LogP contribution >= 0.6 is 0 Å². The molecule has 0 bridgehead atoms. The zero-order valence-electron chi connectivity index (χ0n) is 7.40. The summed E-state index contributed by atoms with van der Waals surface area (Å²) in [5, 5.41) is 15.9. The largest absolute Gasteiger partial charge is 0.390 e. The minimum absolute atomic E-state index is 0.141. The molecule has 3 heteroatoms. The summed E-state index contributed by atoms with van der Waals surface area (Å²) in [5.74, 6) is 0. The van der Waals surface area contributed by atoms with Crippen LogP contribution in [0.25, 0.3) is 0 Å². The van der Waals surface area contributed by atoms with E-state index in [4.69, 9.17) is 0 Å². The van der Waals surface area contributed by atoms with Gasteiger partial charge in [-0.3, -0.25) is 0 Å². The van der Waals surface area contributed by atoms with E-state index in [0.717, 1.165) is 12.2 Å². The lowest BCUT2D eigenvalue weighted by molar-refractivity contribution is 0.185. The van der Waals surface area contributed by atoms with Crippen LogP contribution in [0.1, 0.15) is 0 Å². The van der Waals surface area contributed by atoms with Crippen molar-refractivity contribution >= 4 is 5.69 Å². The predicted octanol–water partition coefficient (Wildman–Crippen LogP) is 0.431. The first kappa shape index (κ1) is 8.53. The highest BCUT2D eigenvalue weighted by molar-refractivity contribution is 5.44. The Morgan fingerprint density at radius 1 is 1.23 bits per heavy atom. The molecule has 0 radical (unpaired) electrons. The van der Waals surface area contributed by atoms with Gasteiger partial charge < -0.3 is 15.7 Å². The van der Waals surface area contributed by atoms with Gasteiger partial charge >= 0.3 is 0 Å². The van der Waals surface area contributed by atoms with Crippen LogP contribution in [0.15, 0.2) is 30.3 Å². The molecule has 13 heavy (non-hydrogen) atoms. The Hall–Kier alpha value is -1.06. The number of nitrogens with one attached hydrogen (secondary N) is 2. The number of rotatable bonds is 2. The maximum absolute atomic E-state index is 9.53. The SMILES string of the molecule is OC1CNCC1Nc1ccccc1. The number of anilines is 1. The van der Waals surface area contributed by atoms with Gasteiger partial charge in [-0.2, -0.15) is 0 Å². The van der Waals surface area contributed by atoms with Crippen molar-refractivity contribution in [1.29, 1.82) is 0 Å². The van der Waals surface area contributed by atoms with Crippen LogP contribution in [0.3, 0.4) is 0 Å². The quantitative estimate of drug-likeness (QED) is 0.615. The third-order valence-electron chi connectivity index (χ3n) is 2.31. The molecule has 1 aliphatic rings. The lowest BCUT2D eigenvalue weighted by atomic mass is 10.2. The Labute approximate surface area is 77.8 Å². The van der Waals surface area contributed by atoms with Gasteiger partial charge in [0.15, 0.2) is 0 Å². The molecule has 0 aromatic heterocycles. The molecule has 1 aliphatic heterocycles. The molecule has 1 heterocycles. The van der Waals surface area contributed by atoms with E-state index >= 15 is 0 Å². The van der Waals surface area contributed by atoms with Crippen molar-refractivity contribution in [2.75, 3.05) is 18.4 Å². The number of benzene rings is 1. The van der Waals surface area contributed by atoms with Gasteiger partial charge in [-0.05, 0) is 12.1 Å². The molecule has 0 amide bonds. The third-order valence-corrected chi connectivity index (χ3v) is 2.31. The maximum atomic E-state index is 9.53. The van der Waals surface area contributed by atoms with E-state index in [-0.39, 0.29) is 12.1 Å². The van der Waals surface area contributed by atoms with Crippen LogP contribution in [0.5, 0.6) is 0 Å². The Kier molecular flexibility index (Phi) is 2.47. The average molecular weight is 178 g/mol. The smallest absolute Gasteiger partial charge is 0.0877 e. The van der Waals surface area contributed by atoms with Gasteiger partial charge in [0.1, 0.15) is 0 Å². The van der Waals surface area contributed by atoms with Crippen molar-refractivity contribution in [3.05, 3.63) is 30.3 Å². The summed E-state index contributed by atoms with van der Waals surface area (Å²) in [6.07, 6.45) is -0.278. The number of aliphatic hydroxyl groups excluding tert-OH is 1. The molecular weight excluding hydrogens is 164 g/mol. The fourth-order valence-corrected chi connectivity index (χ4v) is 1.56. The Bertz CT molecular complexity index is 263. The first-order valence-corrected chi connectivity index (χ1v) is 4.56. The van der Waals surface area contributed by atoms with Crippen molar-refractivity contribution in [2.45, 2.75) is 12.1 Å². The van der Waals surface area contributed by atoms with E-state index in [0.29, 0.717) is 6.54 Å². The summed E-state index contributed by atoms with van der Waals surface area (Å²) in [5.41, 5.74) is 1.07. The van der Waals surface area contributed by atoms with E-state index < -0.39 is 0 Å². The van der Waals surface area contributed by atoms with Gasteiger partial charge in [0, 0.05) is 18.8 Å². The monoisotopic (exact) mass is 178 g/mol. The Balaban J connectivity index is 1.98. The minimum atomic E-state index is -0.278. The van der Waals surface area contributed by atoms with Crippen LogP contribution in [0.2, 0.25) is 0 Å². The van der Waals surface area contributed by atoms with Crippen molar-refractivity contribution in [3.8, 4) is 0 Å². The first-order chi connectivity index (χ1) is 6.36. The van der Waals surface area contributed by atoms with E-state index in [1.54, 1.807) is 0 Å². The molecule has 0 saturated carbocycles. The normalized spacial score (nSPS) is 27.5. The summed E-state index contributed by atoms with van der Waals surface area (Å²) >= 11 is 0. The van der Waals surface area contributed by atoms with E-state index in [1.807, 2.05) is 30.3 Å². The summed E-state index contributed by atoms with van der Waals surface area (Å²) in [6.45, 7) is 1.51. The summed E-state index contributed by atoms with van der Waals surface area (Å²) in [6, 6.07) is 10.1. The highest BCUT2D eigenvalue weighted by Crippen LogP contribution is 2.10. The molecule has 1 fully saturated rings. The zero-order chi connectivity index (χ0) is 9.10. The highest BCUT2D eigenvalue weighted by Gasteiger charge is 2.24. The van der Waals surface area contributed by atoms with Crippen LogP contribution in [0.4, 0.5) is 5.69 Å². The van der Waals surface area contributed by atoms with Crippen LogP contribution in [0, 0.1) is 0 Å². The highest BCUT2D eigenvalue weighted by atomic mass is 16.3. The van der Waals surface area contributed by atoms with E-state index in [1.165, 1.54) is 0 Å². The molecule has 2 unspecified atom stereocenters. The fraction of sp³-hybridized carbons (Fsp3) is 0.400. The van der Waals surface area contributed by atoms with Crippen LogP contribution < -0.4 is 10.6 Å². The lowest BCUT2D eigenvalue weighted by Gasteiger charge is -2.16. The number of hydrogen-bond donors (Lipinski definition) is 3. The average Bonchev–Trinajstić information content (AvgIpc) is 2.54. The molecular formula is C10H14N2O. The minimum Gasteiger partial charge on any atom is -0.390 e. The lowest BCUT2D eigenvalue weighted by Crippen LogP contribution is -2.31. The molecule has 1 aromatic rings. The third kappa shape index (κ3) is 1.99. The fourth-order valence-electron chi connectivity index (χ4n) is 1.56.